The summed E-state index contributed by atoms with van der Waals surface area (Å²) < 4.78 is 0. The Morgan fingerprint density at radius 3 is 2.56 bits per heavy atom. The van der Waals surface area contributed by atoms with Gasteiger partial charge >= 0.3 is 0 Å². The minimum absolute atomic E-state index is 0.211. The third-order valence-corrected chi connectivity index (χ3v) is 4.53. The van der Waals surface area contributed by atoms with E-state index in [1.807, 2.05) is 24.3 Å². The first-order valence-corrected chi connectivity index (χ1v) is 6.86. The monoisotopic (exact) mass is 244 g/mol. The van der Waals surface area contributed by atoms with Gasteiger partial charge in [-0.15, -0.1) is 0 Å². The number of nitrogens with two attached hydrogens (primary N) is 1. The summed E-state index contributed by atoms with van der Waals surface area (Å²) in [5.74, 6) is 1.91. The molecule has 0 saturated heterocycles. The van der Waals surface area contributed by atoms with Gasteiger partial charge in [-0.2, -0.15) is 0 Å². The molecule has 1 aromatic rings. The van der Waals surface area contributed by atoms with Gasteiger partial charge in [0.2, 0.25) is 5.91 Å². The zero-order chi connectivity index (χ0) is 12.5. The minimum Gasteiger partial charge on any atom is -0.326 e. The molecule has 18 heavy (non-hydrogen) atoms. The lowest BCUT2D eigenvalue weighted by Crippen LogP contribution is -2.27. The lowest BCUT2D eigenvalue weighted by molar-refractivity contribution is -0.121. The van der Waals surface area contributed by atoms with Crippen LogP contribution in [0.2, 0.25) is 0 Å². The highest BCUT2D eigenvalue weighted by molar-refractivity contribution is 5.93. The van der Waals surface area contributed by atoms with Crippen molar-refractivity contribution in [2.75, 3.05) is 5.32 Å². The van der Waals surface area contributed by atoms with Gasteiger partial charge in [-0.3, -0.25) is 4.79 Å². The van der Waals surface area contributed by atoms with Gasteiger partial charge in [0.25, 0.3) is 0 Å². The van der Waals surface area contributed by atoms with Crippen molar-refractivity contribution in [3.05, 3.63) is 29.8 Å². The van der Waals surface area contributed by atoms with E-state index >= 15 is 0 Å². The van der Waals surface area contributed by atoms with Crippen LogP contribution in [0.5, 0.6) is 0 Å². The van der Waals surface area contributed by atoms with Gasteiger partial charge in [-0.05, 0) is 48.8 Å². The summed E-state index contributed by atoms with van der Waals surface area (Å²) >= 11 is 0. The summed E-state index contributed by atoms with van der Waals surface area (Å²) in [6.07, 6.45) is 4.94. The fraction of sp³-hybridized carbons (Fsp3) is 0.533. The van der Waals surface area contributed by atoms with Crippen molar-refractivity contribution in [2.24, 2.45) is 23.5 Å². The number of nitrogens with one attached hydrogen (secondary N) is 1. The summed E-state index contributed by atoms with van der Waals surface area (Å²) in [5.41, 5.74) is 7.53. The van der Waals surface area contributed by atoms with E-state index in [-0.39, 0.29) is 11.8 Å². The summed E-state index contributed by atoms with van der Waals surface area (Å²) in [7, 11) is 0. The van der Waals surface area contributed by atoms with E-state index in [1.165, 1.54) is 19.3 Å². The summed E-state index contributed by atoms with van der Waals surface area (Å²) in [6, 6.07) is 7.81. The number of rotatable bonds is 3. The molecule has 2 fully saturated rings. The predicted molar refractivity (Wildman–Crippen MR) is 71.9 cm³/mol. The second-order valence-corrected chi connectivity index (χ2v) is 5.67. The minimum atomic E-state index is 0.211. The Morgan fingerprint density at radius 2 is 2.00 bits per heavy atom. The van der Waals surface area contributed by atoms with Gasteiger partial charge in [-0.1, -0.05) is 18.6 Å². The van der Waals surface area contributed by atoms with E-state index in [1.54, 1.807) is 0 Å². The van der Waals surface area contributed by atoms with Gasteiger partial charge in [0.15, 0.2) is 0 Å². The molecule has 0 spiro atoms. The first-order chi connectivity index (χ1) is 8.76. The predicted octanol–water partition coefficient (Wildman–Crippen LogP) is 2.52. The molecule has 0 aliphatic heterocycles. The van der Waals surface area contributed by atoms with Crippen LogP contribution in [0.4, 0.5) is 5.69 Å². The van der Waals surface area contributed by atoms with Crippen LogP contribution in [0.25, 0.3) is 0 Å². The molecule has 3 atom stereocenters. The number of carbonyl (C=O) groups is 1. The van der Waals surface area contributed by atoms with Crippen LogP contribution in [0.15, 0.2) is 24.3 Å². The largest absolute Gasteiger partial charge is 0.326 e. The number of amides is 1. The Bertz CT molecular complexity index is 440. The zero-order valence-electron chi connectivity index (χ0n) is 10.6. The quantitative estimate of drug-likeness (QED) is 0.858. The Labute approximate surface area is 108 Å². The van der Waals surface area contributed by atoms with Crippen molar-refractivity contribution in [3.63, 3.8) is 0 Å². The highest BCUT2D eigenvalue weighted by Gasteiger charge is 2.42. The topological polar surface area (TPSA) is 55.1 Å². The lowest BCUT2D eigenvalue weighted by Gasteiger charge is -2.20. The molecule has 2 aliphatic rings. The Kier molecular flexibility index (Phi) is 3.08. The third kappa shape index (κ3) is 2.15. The Morgan fingerprint density at radius 1 is 1.22 bits per heavy atom. The van der Waals surface area contributed by atoms with E-state index in [2.05, 4.69) is 5.32 Å². The maximum Gasteiger partial charge on any atom is 0.227 e. The molecule has 0 aromatic heterocycles. The SMILES string of the molecule is NCc1ccc(NC(=O)C2CC3CCC2C3)cc1. The number of hydrogen-bond donors (Lipinski definition) is 2. The van der Waals surface area contributed by atoms with E-state index in [4.69, 9.17) is 5.73 Å². The number of carbonyl (C=O) groups excluding carboxylic acids is 1. The summed E-state index contributed by atoms with van der Waals surface area (Å²) in [6.45, 7) is 0.542. The van der Waals surface area contributed by atoms with E-state index in [9.17, 15) is 4.79 Å². The standard InChI is InChI=1S/C15H20N2O/c16-9-10-2-5-13(6-3-10)17-15(18)14-8-11-1-4-12(14)7-11/h2-3,5-6,11-12,14H,1,4,7-9,16H2,(H,17,18). The van der Waals surface area contributed by atoms with Gasteiger partial charge in [0, 0.05) is 18.2 Å². The molecular weight excluding hydrogens is 224 g/mol. The van der Waals surface area contributed by atoms with Gasteiger partial charge < -0.3 is 11.1 Å². The number of fused-ring (bicyclic) bond motifs is 2. The van der Waals surface area contributed by atoms with E-state index in [0.717, 1.165) is 23.6 Å². The van der Waals surface area contributed by atoms with Crippen LogP contribution in [0.3, 0.4) is 0 Å². The van der Waals surface area contributed by atoms with Crippen molar-refractivity contribution in [1.82, 2.24) is 0 Å². The number of anilines is 1. The molecule has 0 radical (unpaired) electrons. The van der Waals surface area contributed by atoms with Crippen LogP contribution in [-0.4, -0.2) is 5.91 Å². The van der Waals surface area contributed by atoms with Gasteiger partial charge in [0.05, 0.1) is 0 Å². The van der Waals surface area contributed by atoms with E-state index < -0.39 is 0 Å². The molecule has 1 amide bonds. The zero-order valence-corrected chi connectivity index (χ0v) is 10.6. The van der Waals surface area contributed by atoms with Gasteiger partial charge in [-0.25, -0.2) is 0 Å². The van der Waals surface area contributed by atoms with Crippen molar-refractivity contribution in [3.8, 4) is 0 Å². The molecule has 96 valence electrons. The molecule has 2 aliphatic carbocycles. The second-order valence-electron chi connectivity index (χ2n) is 5.67. The number of hydrogen-bond acceptors (Lipinski definition) is 2. The third-order valence-electron chi connectivity index (χ3n) is 4.53. The average molecular weight is 244 g/mol. The highest BCUT2D eigenvalue weighted by atomic mass is 16.1. The van der Waals surface area contributed by atoms with Crippen LogP contribution in [0.1, 0.15) is 31.2 Å². The number of benzene rings is 1. The molecule has 3 unspecified atom stereocenters. The molecular formula is C15H20N2O. The fourth-order valence-corrected chi connectivity index (χ4v) is 3.52. The fourth-order valence-electron chi connectivity index (χ4n) is 3.52. The Hall–Kier alpha value is -1.35. The molecule has 3 nitrogen and oxygen atoms in total. The maximum absolute atomic E-state index is 12.2. The second kappa shape index (κ2) is 4.73. The van der Waals surface area contributed by atoms with Crippen molar-refractivity contribution >= 4 is 11.6 Å². The maximum atomic E-state index is 12.2. The summed E-state index contributed by atoms with van der Waals surface area (Å²) in [4.78, 5) is 12.2. The molecule has 2 bridgehead atoms. The molecule has 0 heterocycles. The van der Waals surface area contributed by atoms with Crippen LogP contribution in [-0.2, 0) is 11.3 Å². The molecule has 3 N–H and O–H groups in total. The van der Waals surface area contributed by atoms with Crippen molar-refractivity contribution < 1.29 is 4.79 Å². The van der Waals surface area contributed by atoms with Crippen LogP contribution in [0, 0.1) is 17.8 Å². The molecule has 3 heteroatoms. The van der Waals surface area contributed by atoms with Crippen LogP contribution < -0.4 is 11.1 Å². The molecule has 3 rings (SSSR count). The summed E-state index contributed by atoms with van der Waals surface area (Å²) in [5, 5.41) is 3.04. The normalized spacial score (nSPS) is 29.5. The lowest BCUT2D eigenvalue weighted by atomic mass is 9.88. The molecule has 1 aromatic carbocycles. The van der Waals surface area contributed by atoms with Crippen molar-refractivity contribution in [1.29, 1.82) is 0 Å². The highest BCUT2D eigenvalue weighted by Crippen LogP contribution is 2.48. The Balaban J connectivity index is 1.63. The van der Waals surface area contributed by atoms with Crippen LogP contribution >= 0.6 is 0 Å². The molecule has 2 saturated carbocycles. The first-order valence-electron chi connectivity index (χ1n) is 6.86. The van der Waals surface area contributed by atoms with Crippen molar-refractivity contribution in [2.45, 2.75) is 32.2 Å². The van der Waals surface area contributed by atoms with Gasteiger partial charge in [0.1, 0.15) is 0 Å². The average Bonchev–Trinajstić information content (AvgIpc) is 3.02. The van der Waals surface area contributed by atoms with E-state index in [0.29, 0.717) is 12.5 Å². The first kappa shape index (κ1) is 11.7. The smallest absolute Gasteiger partial charge is 0.227 e.